The van der Waals surface area contributed by atoms with E-state index >= 15 is 0 Å². The predicted molar refractivity (Wildman–Crippen MR) is 67.4 cm³/mol. The second-order valence-electron chi connectivity index (χ2n) is 3.87. The summed E-state index contributed by atoms with van der Waals surface area (Å²) in [5.41, 5.74) is -0.0289. The van der Waals surface area contributed by atoms with Gasteiger partial charge in [-0.2, -0.15) is 0 Å². The van der Waals surface area contributed by atoms with Crippen molar-refractivity contribution in [2.75, 3.05) is 12.4 Å². The number of nitro benzene ring substituents is 1. The highest BCUT2D eigenvalue weighted by Gasteiger charge is 2.13. The number of non-ortho nitro benzene ring substituents is 1. The lowest BCUT2D eigenvalue weighted by atomic mass is 10.2. The van der Waals surface area contributed by atoms with Crippen LogP contribution >= 0.6 is 10.7 Å². The van der Waals surface area contributed by atoms with Gasteiger partial charge in [-0.05, 0) is 12.1 Å². The first-order valence-electron chi connectivity index (χ1n) is 5.07. The van der Waals surface area contributed by atoms with Crippen LogP contribution in [0.5, 0.6) is 5.75 Å². The van der Waals surface area contributed by atoms with E-state index in [0.717, 1.165) is 0 Å². The molecule has 1 rings (SSSR count). The van der Waals surface area contributed by atoms with Crippen molar-refractivity contribution in [2.24, 2.45) is 5.92 Å². The topological polar surface area (TPSA) is 86.5 Å². The molecular formula is C10H12ClNO5S. The Morgan fingerprint density at radius 2 is 1.94 bits per heavy atom. The summed E-state index contributed by atoms with van der Waals surface area (Å²) < 4.78 is 26.9. The largest absolute Gasteiger partial charge is 0.493 e. The second-order valence-corrected chi connectivity index (χ2v) is 6.69. The smallest absolute Gasteiger partial charge is 0.269 e. The number of nitro groups is 1. The minimum atomic E-state index is -3.54. The fraction of sp³-hybridized carbons (Fsp3) is 0.400. The number of rotatable bonds is 6. The summed E-state index contributed by atoms with van der Waals surface area (Å²) in [6.45, 7) is 1.86. The average molecular weight is 294 g/mol. The quantitative estimate of drug-likeness (QED) is 0.456. The van der Waals surface area contributed by atoms with Gasteiger partial charge >= 0.3 is 0 Å². The Balaban J connectivity index is 2.51. The molecule has 0 heterocycles. The van der Waals surface area contributed by atoms with Crippen LogP contribution in [0.15, 0.2) is 24.3 Å². The van der Waals surface area contributed by atoms with Gasteiger partial charge in [-0.15, -0.1) is 0 Å². The molecule has 1 aromatic rings. The van der Waals surface area contributed by atoms with Crippen molar-refractivity contribution >= 4 is 25.4 Å². The van der Waals surface area contributed by atoms with Crippen LogP contribution in [0.3, 0.4) is 0 Å². The van der Waals surface area contributed by atoms with Crippen LogP contribution in [0.2, 0.25) is 0 Å². The maximum absolute atomic E-state index is 10.8. The fourth-order valence-corrected chi connectivity index (χ4v) is 2.71. The van der Waals surface area contributed by atoms with E-state index in [1.54, 1.807) is 6.92 Å². The number of benzene rings is 1. The third-order valence-corrected chi connectivity index (χ3v) is 3.41. The van der Waals surface area contributed by atoms with Crippen LogP contribution in [0, 0.1) is 16.0 Å². The van der Waals surface area contributed by atoms with Crippen LogP contribution in [0.25, 0.3) is 0 Å². The second kappa shape index (κ2) is 6.01. The van der Waals surface area contributed by atoms with Gasteiger partial charge in [0.25, 0.3) is 5.69 Å². The number of hydrogen-bond donors (Lipinski definition) is 0. The highest BCUT2D eigenvalue weighted by atomic mass is 35.7. The molecule has 0 aliphatic carbocycles. The average Bonchev–Trinajstić information content (AvgIpc) is 2.24. The van der Waals surface area contributed by atoms with Gasteiger partial charge in [0.05, 0.1) is 17.3 Å². The van der Waals surface area contributed by atoms with E-state index in [1.165, 1.54) is 24.3 Å². The van der Waals surface area contributed by atoms with E-state index in [4.69, 9.17) is 15.4 Å². The Morgan fingerprint density at radius 1 is 1.39 bits per heavy atom. The molecule has 0 spiro atoms. The molecule has 100 valence electrons. The Kier molecular flexibility index (Phi) is 4.92. The molecule has 1 aromatic carbocycles. The molecule has 18 heavy (non-hydrogen) atoms. The summed E-state index contributed by atoms with van der Waals surface area (Å²) in [4.78, 5) is 9.91. The zero-order chi connectivity index (χ0) is 13.8. The molecule has 0 bridgehead atoms. The van der Waals surface area contributed by atoms with Crippen LogP contribution in [0.4, 0.5) is 5.69 Å². The summed E-state index contributed by atoms with van der Waals surface area (Å²) in [7, 11) is 1.56. The Hall–Kier alpha value is -1.34. The molecule has 6 nitrogen and oxygen atoms in total. The lowest BCUT2D eigenvalue weighted by molar-refractivity contribution is -0.384. The van der Waals surface area contributed by atoms with Crippen molar-refractivity contribution in [1.82, 2.24) is 0 Å². The van der Waals surface area contributed by atoms with Gasteiger partial charge < -0.3 is 4.74 Å². The summed E-state index contributed by atoms with van der Waals surface area (Å²) >= 11 is 0. The molecule has 0 amide bonds. The SMILES string of the molecule is CC(COc1ccc([N+](=O)[O-])cc1)CS(=O)(=O)Cl. The van der Waals surface area contributed by atoms with Crippen LogP contribution in [-0.4, -0.2) is 25.7 Å². The number of hydrogen-bond acceptors (Lipinski definition) is 5. The molecular weight excluding hydrogens is 282 g/mol. The summed E-state index contributed by atoms with van der Waals surface area (Å²) in [6.07, 6.45) is 0. The minimum Gasteiger partial charge on any atom is -0.493 e. The molecule has 0 fully saturated rings. The zero-order valence-corrected chi connectivity index (χ0v) is 11.1. The third-order valence-electron chi connectivity index (χ3n) is 2.07. The van der Waals surface area contributed by atoms with Gasteiger partial charge in [0, 0.05) is 28.7 Å². The maximum atomic E-state index is 10.8. The van der Waals surface area contributed by atoms with Crippen LogP contribution in [0.1, 0.15) is 6.92 Å². The summed E-state index contributed by atoms with van der Waals surface area (Å²) in [6, 6.07) is 5.55. The van der Waals surface area contributed by atoms with Gasteiger partial charge in [-0.3, -0.25) is 10.1 Å². The zero-order valence-electron chi connectivity index (χ0n) is 9.58. The Bertz CT molecular complexity index is 514. The predicted octanol–water partition coefficient (Wildman–Crippen LogP) is 2.18. The van der Waals surface area contributed by atoms with Crippen molar-refractivity contribution in [3.63, 3.8) is 0 Å². The molecule has 0 aliphatic heterocycles. The van der Waals surface area contributed by atoms with Gasteiger partial charge in [0.2, 0.25) is 9.05 Å². The van der Waals surface area contributed by atoms with Gasteiger partial charge in [-0.25, -0.2) is 8.42 Å². The molecule has 1 unspecified atom stereocenters. The number of nitrogens with zero attached hydrogens (tertiary/aromatic N) is 1. The first-order chi connectivity index (χ1) is 8.28. The first kappa shape index (κ1) is 14.7. The highest BCUT2D eigenvalue weighted by molar-refractivity contribution is 8.13. The van der Waals surface area contributed by atoms with Gasteiger partial charge in [-0.1, -0.05) is 6.92 Å². The van der Waals surface area contributed by atoms with Gasteiger partial charge in [0.15, 0.2) is 0 Å². The molecule has 1 atom stereocenters. The highest BCUT2D eigenvalue weighted by Crippen LogP contribution is 2.18. The molecule has 0 radical (unpaired) electrons. The lowest BCUT2D eigenvalue weighted by Crippen LogP contribution is -2.16. The monoisotopic (exact) mass is 293 g/mol. The van der Waals surface area contributed by atoms with Crippen LogP contribution < -0.4 is 4.74 Å². The first-order valence-corrected chi connectivity index (χ1v) is 7.55. The maximum Gasteiger partial charge on any atom is 0.269 e. The lowest BCUT2D eigenvalue weighted by Gasteiger charge is -2.11. The molecule has 8 heteroatoms. The standard InChI is InChI=1S/C10H12ClNO5S/c1-8(7-18(11,15)16)6-17-10-4-2-9(3-5-10)12(13)14/h2-5,8H,6-7H2,1H3. The van der Waals surface area contributed by atoms with Crippen molar-refractivity contribution in [3.8, 4) is 5.75 Å². The Labute approximate surface area is 109 Å². The third kappa shape index (κ3) is 5.33. The van der Waals surface area contributed by atoms with E-state index in [1.807, 2.05) is 0 Å². The minimum absolute atomic E-state index is 0.0289. The fourth-order valence-electron chi connectivity index (χ4n) is 1.29. The van der Waals surface area contributed by atoms with E-state index in [0.29, 0.717) is 5.75 Å². The van der Waals surface area contributed by atoms with Crippen molar-refractivity contribution < 1.29 is 18.1 Å². The summed E-state index contributed by atoms with van der Waals surface area (Å²) in [5.74, 6) is 0.00348. The Morgan fingerprint density at radius 3 is 2.39 bits per heavy atom. The number of halogens is 1. The van der Waals surface area contributed by atoms with Crippen molar-refractivity contribution in [1.29, 1.82) is 0 Å². The van der Waals surface area contributed by atoms with E-state index in [2.05, 4.69) is 0 Å². The molecule has 0 saturated heterocycles. The van der Waals surface area contributed by atoms with Crippen molar-refractivity contribution in [3.05, 3.63) is 34.4 Å². The summed E-state index contributed by atoms with van der Waals surface area (Å²) in [5, 5.41) is 10.4. The molecule has 0 aliphatic rings. The van der Waals surface area contributed by atoms with Crippen molar-refractivity contribution in [2.45, 2.75) is 6.92 Å². The van der Waals surface area contributed by atoms with E-state index in [-0.39, 0.29) is 24.0 Å². The van der Waals surface area contributed by atoms with E-state index < -0.39 is 14.0 Å². The number of ether oxygens (including phenoxy) is 1. The normalized spacial score (nSPS) is 13.0. The molecule has 0 aromatic heterocycles. The molecule has 0 saturated carbocycles. The molecule has 0 N–H and O–H groups in total. The van der Waals surface area contributed by atoms with Crippen LogP contribution in [-0.2, 0) is 9.05 Å². The van der Waals surface area contributed by atoms with Gasteiger partial charge in [0.1, 0.15) is 5.75 Å². The van der Waals surface area contributed by atoms with E-state index in [9.17, 15) is 18.5 Å².